The van der Waals surface area contributed by atoms with Crippen LogP contribution in [0.4, 0.5) is 5.13 Å². The molecule has 0 saturated carbocycles. The third kappa shape index (κ3) is 5.52. The lowest BCUT2D eigenvalue weighted by Crippen LogP contribution is -2.07. The number of anilines is 1. The number of nitrogens with zero attached hydrogens (tertiary/aromatic N) is 2. The normalized spacial score (nSPS) is 11.6. The van der Waals surface area contributed by atoms with E-state index in [1.54, 1.807) is 12.3 Å². The van der Waals surface area contributed by atoms with Crippen LogP contribution in [-0.2, 0) is 26.1 Å². The van der Waals surface area contributed by atoms with Crippen molar-refractivity contribution in [1.82, 2.24) is 4.98 Å². The Hall–Kier alpha value is -2.50. The molecule has 0 fully saturated rings. The number of ether oxygens (including phenoxy) is 1. The number of phenolic OH excluding ortho intramolecular Hbond substituents is 1. The molecule has 1 aromatic carbocycles. The molecule has 0 unspecified atom stereocenters. The van der Waals surface area contributed by atoms with Gasteiger partial charge in [-0.05, 0) is 25.1 Å². The van der Waals surface area contributed by atoms with Crippen LogP contribution in [0.3, 0.4) is 0 Å². The summed E-state index contributed by atoms with van der Waals surface area (Å²) in [7, 11) is -4.38. The number of aromatic hydroxyl groups is 1. The maximum Gasteiger partial charge on any atom is 0.311 e. The van der Waals surface area contributed by atoms with E-state index in [-0.39, 0.29) is 28.6 Å². The fourth-order valence-corrected chi connectivity index (χ4v) is 2.93. The van der Waals surface area contributed by atoms with Gasteiger partial charge in [-0.1, -0.05) is 0 Å². The minimum atomic E-state index is -4.38. The van der Waals surface area contributed by atoms with E-state index in [0.29, 0.717) is 17.4 Å². The Morgan fingerprint density at radius 3 is 2.92 bits per heavy atom. The Morgan fingerprint density at radius 1 is 1.48 bits per heavy atom. The number of hydrogen-bond acceptors (Lipinski definition) is 9. The van der Waals surface area contributed by atoms with Crippen LogP contribution in [0.15, 0.2) is 33.6 Å². The molecule has 0 radical (unpaired) electrons. The number of phenols is 1. The highest BCUT2D eigenvalue weighted by molar-refractivity contribution is 7.85. The number of rotatable bonds is 7. The van der Waals surface area contributed by atoms with Crippen LogP contribution >= 0.6 is 11.3 Å². The predicted octanol–water partition coefficient (Wildman–Crippen LogP) is 1.65. The first-order chi connectivity index (χ1) is 11.8. The van der Waals surface area contributed by atoms with Gasteiger partial charge in [-0.25, -0.2) is 4.98 Å². The Morgan fingerprint density at radius 2 is 2.24 bits per heavy atom. The van der Waals surface area contributed by atoms with E-state index in [4.69, 9.17) is 9.29 Å². The lowest BCUT2D eigenvalue weighted by molar-refractivity contribution is -0.142. The lowest BCUT2D eigenvalue weighted by atomic mass is 10.2. The predicted molar refractivity (Wildman–Crippen MR) is 91.6 cm³/mol. The largest absolute Gasteiger partial charge is 0.507 e. The van der Waals surface area contributed by atoms with Crippen LogP contribution < -0.4 is 5.43 Å². The zero-order valence-corrected chi connectivity index (χ0v) is 14.7. The van der Waals surface area contributed by atoms with Gasteiger partial charge in [-0.2, -0.15) is 13.5 Å². The summed E-state index contributed by atoms with van der Waals surface area (Å²) in [5.74, 6) is -0.588. The van der Waals surface area contributed by atoms with Crippen molar-refractivity contribution in [1.29, 1.82) is 0 Å². The van der Waals surface area contributed by atoms with Crippen LogP contribution in [0, 0.1) is 0 Å². The summed E-state index contributed by atoms with van der Waals surface area (Å²) in [6.07, 6.45) is 1.23. The highest BCUT2D eigenvalue weighted by atomic mass is 32.2. The molecule has 11 heteroatoms. The van der Waals surface area contributed by atoms with Crippen LogP contribution in [-0.4, -0.2) is 41.9 Å². The average molecular weight is 385 g/mol. The molecule has 1 aromatic heterocycles. The molecule has 0 aliphatic carbocycles. The molecule has 1 heterocycles. The van der Waals surface area contributed by atoms with E-state index in [9.17, 15) is 18.3 Å². The van der Waals surface area contributed by atoms with Crippen molar-refractivity contribution < 1.29 is 27.6 Å². The molecule has 3 N–H and O–H groups in total. The number of hydrogen-bond donors (Lipinski definition) is 3. The molecule has 0 bridgehead atoms. The monoisotopic (exact) mass is 385 g/mol. The third-order valence-electron chi connectivity index (χ3n) is 2.84. The van der Waals surface area contributed by atoms with E-state index < -0.39 is 10.1 Å². The van der Waals surface area contributed by atoms with Gasteiger partial charge in [0.1, 0.15) is 5.75 Å². The van der Waals surface area contributed by atoms with Crippen LogP contribution in [0.1, 0.15) is 18.2 Å². The van der Waals surface area contributed by atoms with E-state index in [1.807, 2.05) is 0 Å². The van der Waals surface area contributed by atoms with Crippen molar-refractivity contribution in [3.63, 3.8) is 0 Å². The zero-order chi connectivity index (χ0) is 18.4. The third-order valence-corrected chi connectivity index (χ3v) is 4.49. The number of nitrogens with one attached hydrogen (secondary N) is 1. The number of carbonyl (C=O) groups is 1. The summed E-state index contributed by atoms with van der Waals surface area (Å²) in [5, 5.41) is 15.6. The van der Waals surface area contributed by atoms with Gasteiger partial charge in [0.2, 0.25) is 5.13 Å². The van der Waals surface area contributed by atoms with Crippen molar-refractivity contribution in [2.24, 2.45) is 5.10 Å². The second kappa shape index (κ2) is 8.05. The van der Waals surface area contributed by atoms with Crippen LogP contribution in [0.25, 0.3) is 0 Å². The molecular weight excluding hydrogens is 370 g/mol. The van der Waals surface area contributed by atoms with Gasteiger partial charge in [0, 0.05) is 10.9 Å². The summed E-state index contributed by atoms with van der Waals surface area (Å²) in [6, 6.07) is 3.27. The molecule has 0 amide bonds. The Labute approximate surface area is 147 Å². The van der Waals surface area contributed by atoms with Gasteiger partial charge < -0.3 is 9.84 Å². The second-order valence-corrected chi connectivity index (χ2v) is 6.97. The average Bonchev–Trinajstić information content (AvgIpc) is 2.95. The van der Waals surface area contributed by atoms with Crippen molar-refractivity contribution >= 4 is 38.8 Å². The van der Waals surface area contributed by atoms with Gasteiger partial charge in [0.25, 0.3) is 10.1 Å². The number of thiazole rings is 1. The Bertz CT molecular complexity index is 892. The fraction of sp³-hybridized carbons (Fsp3) is 0.214. The minimum Gasteiger partial charge on any atom is -0.507 e. The smallest absolute Gasteiger partial charge is 0.311 e. The maximum absolute atomic E-state index is 11.4. The molecule has 134 valence electrons. The number of esters is 1. The molecular formula is C14H15N3O6S2. The van der Waals surface area contributed by atoms with Crippen molar-refractivity contribution in [2.75, 3.05) is 12.0 Å². The summed E-state index contributed by atoms with van der Waals surface area (Å²) in [4.78, 5) is 15.1. The quantitative estimate of drug-likeness (QED) is 0.283. The minimum absolute atomic E-state index is 0.0485. The van der Waals surface area contributed by atoms with Gasteiger partial charge in [0.05, 0.1) is 29.8 Å². The molecule has 0 aliphatic rings. The van der Waals surface area contributed by atoms with Crippen molar-refractivity contribution in [2.45, 2.75) is 18.2 Å². The van der Waals surface area contributed by atoms with Gasteiger partial charge in [0.15, 0.2) is 0 Å². The molecule has 0 atom stereocenters. The van der Waals surface area contributed by atoms with Gasteiger partial charge in [-0.3, -0.25) is 14.8 Å². The van der Waals surface area contributed by atoms with E-state index >= 15 is 0 Å². The molecule has 2 rings (SSSR count). The summed E-state index contributed by atoms with van der Waals surface area (Å²) in [5.41, 5.74) is 3.22. The second-order valence-electron chi connectivity index (χ2n) is 4.69. The first kappa shape index (κ1) is 18.8. The van der Waals surface area contributed by atoms with Crippen molar-refractivity contribution in [3.8, 4) is 5.75 Å². The molecule has 9 nitrogen and oxygen atoms in total. The van der Waals surface area contributed by atoms with E-state index in [2.05, 4.69) is 15.5 Å². The van der Waals surface area contributed by atoms with E-state index in [0.717, 1.165) is 18.2 Å². The number of hydrazone groups is 1. The molecule has 0 spiro atoms. The highest BCUT2D eigenvalue weighted by Gasteiger charge is 2.12. The summed E-state index contributed by atoms with van der Waals surface area (Å²) >= 11 is 1.21. The molecule has 0 saturated heterocycles. The maximum atomic E-state index is 11.4. The topological polar surface area (TPSA) is 138 Å². The van der Waals surface area contributed by atoms with Gasteiger partial charge >= 0.3 is 5.97 Å². The Kier molecular flexibility index (Phi) is 6.07. The number of benzene rings is 1. The number of aromatic nitrogens is 1. The summed E-state index contributed by atoms with van der Waals surface area (Å²) in [6.45, 7) is 2.01. The van der Waals surface area contributed by atoms with E-state index in [1.165, 1.54) is 17.6 Å². The standard InChI is InChI=1S/C14H15N3O6S2/c1-2-23-13(19)6-10-8-24-14(16-10)17-15-7-9-5-11(25(20,21)22)3-4-12(9)18/h3-5,7-8,18H,2,6H2,1H3,(H,16,17)(H,20,21,22). The Balaban J connectivity index is 2.04. The molecule has 25 heavy (non-hydrogen) atoms. The fourth-order valence-electron chi connectivity index (χ4n) is 1.75. The van der Waals surface area contributed by atoms with Gasteiger partial charge in [-0.15, -0.1) is 11.3 Å². The molecule has 0 aliphatic heterocycles. The van der Waals surface area contributed by atoms with Crippen molar-refractivity contribution in [3.05, 3.63) is 34.8 Å². The SMILES string of the molecule is CCOC(=O)Cc1csc(NN=Cc2cc(S(=O)(=O)O)ccc2O)n1. The van der Waals surface area contributed by atoms with Crippen LogP contribution in [0.2, 0.25) is 0 Å². The summed E-state index contributed by atoms with van der Waals surface area (Å²) < 4.78 is 36.0. The zero-order valence-electron chi connectivity index (χ0n) is 13.0. The highest BCUT2D eigenvalue weighted by Crippen LogP contribution is 2.20. The first-order valence-corrected chi connectivity index (χ1v) is 9.31. The first-order valence-electron chi connectivity index (χ1n) is 6.99. The van der Waals surface area contributed by atoms with Crippen LogP contribution in [0.5, 0.6) is 5.75 Å². The number of carbonyl (C=O) groups excluding carboxylic acids is 1. The lowest BCUT2D eigenvalue weighted by Gasteiger charge is -2.02. The molecule has 2 aromatic rings.